The summed E-state index contributed by atoms with van der Waals surface area (Å²) >= 11 is 4.28. The third kappa shape index (κ3) is 2.97. The summed E-state index contributed by atoms with van der Waals surface area (Å²) in [5.41, 5.74) is 1.12. The van der Waals surface area contributed by atoms with Crippen LogP contribution in [0.1, 0.15) is 13.3 Å². The molecule has 0 aliphatic carbocycles. The molecule has 3 aromatic rings. The van der Waals surface area contributed by atoms with Crippen LogP contribution in [0.15, 0.2) is 52.3 Å². The molecule has 0 fully saturated rings. The molecule has 0 spiro atoms. The van der Waals surface area contributed by atoms with Gasteiger partial charge in [-0.05, 0) is 36.2 Å². The molecular formula is C18H16FNO2S. The minimum Gasteiger partial charge on any atom is -0.491 e. The highest BCUT2D eigenvalue weighted by molar-refractivity contribution is 7.80. The van der Waals surface area contributed by atoms with Crippen LogP contribution in [0.3, 0.4) is 0 Å². The molecule has 3 nitrogen and oxygen atoms in total. The van der Waals surface area contributed by atoms with Gasteiger partial charge in [-0.15, -0.1) is 12.6 Å². The molecule has 1 aromatic heterocycles. The van der Waals surface area contributed by atoms with E-state index < -0.39 is 5.82 Å². The highest BCUT2D eigenvalue weighted by Crippen LogP contribution is 2.27. The third-order valence-corrected chi connectivity index (χ3v) is 3.85. The largest absolute Gasteiger partial charge is 0.491 e. The second kappa shape index (κ2) is 6.46. The van der Waals surface area contributed by atoms with Gasteiger partial charge in [-0.3, -0.25) is 4.79 Å². The zero-order valence-electron chi connectivity index (χ0n) is 12.6. The first-order valence-electron chi connectivity index (χ1n) is 7.38. The molecule has 0 saturated carbocycles. The minimum absolute atomic E-state index is 0.0145. The van der Waals surface area contributed by atoms with Crippen molar-refractivity contribution in [3.8, 4) is 16.9 Å². The average Bonchev–Trinajstić information content (AvgIpc) is 2.54. The van der Waals surface area contributed by atoms with Gasteiger partial charge in [0.25, 0.3) is 0 Å². The number of halogens is 1. The number of ether oxygens (including phenoxy) is 1. The van der Waals surface area contributed by atoms with Crippen molar-refractivity contribution in [2.24, 2.45) is 0 Å². The first-order chi connectivity index (χ1) is 11.1. The van der Waals surface area contributed by atoms with E-state index in [1.54, 1.807) is 24.4 Å². The lowest BCUT2D eigenvalue weighted by molar-refractivity contribution is 0.320. The van der Waals surface area contributed by atoms with E-state index in [4.69, 9.17) is 4.74 Å². The van der Waals surface area contributed by atoms with E-state index in [-0.39, 0.29) is 10.8 Å². The van der Waals surface area contributed by atoms with Gasteiger partial charge in [0, 0.05) is 16.7 Å². The number of H-pyrrole nitrogens is 1. The highest BCUT2D eigenvalue weighted by Gasteiger charge is 2.14. The Kier molecular flexibility index (Phi) is 4.39. The zero-order valence-corrected chi connectivity index (χ0v) is 13.5. The number of hydrogen-bond acceptors (Lipinski definition) is 3. The second-order valence-corrected chi connectivity index (χ2v) is 5.74. The van der Waals surface area contributed by atoms with Crippen LogP contribution in [-0.2, 0) is 0 Å². The number of aromatic amines is 1. The fraction of sp³-hybridized carbons (Fsp3) is 0.167. The first-order valence-corrected chi connectivity index (χ1v) is 7.82. The SMILES string of the molecule is CCCOc1ccc(F)c2c(=O)c(-c3cccc(S)c3)c[nH]c12. The van der Waals surface area contributed by atoms with E-state index in [9.17, 15) is 9.18 Å². The molecule has 0 aliphatic heterocycles. The van der Waals surface area contributed by atoms with Gasteiger partial charge < -0.3 is 9.72 Å². The molecule has 2 aromatic carbocycles. The van der Waals surface area contributed by atoms with Crippen LogP contribution in [0.4, 0.5) is 4.39 Å². The van der Waals surface area contributed by atoms with E-state index in [1.807, 2.05) is 13.0 Å². The normalized spacial score (nSPS) is 10.9. The fourth-order valence-corrected chi connectivity index (χ4v) is 2.71. The highest BCUT2D eigenvalue weighted by atomic mass is 32.1. The Hall–Kier alpha value is -2.27. The summed E-state index contributed by atoms with van der Waals surface area (Å²) in [6.07, 6.45) is 2.42. The quantitative estimate of drug-likeness (QED) is 0.696. The summed E-state index contributed by atoms with van der Waals surface area (Å²) in [6.45, 7) is 2.49. The van der Waals surface area contributed by atoms with Crippen LogP contribution in [0.2, 0.25) is 0 Å². The van der Waals surface area contributed by atoms with E-state index >= 15 is 0 Å². The number of thiol groups is 1. The van der Waals surface area contributed by atoms with E-state index in [0.717, 1.165) is 11.3 Å². The molecule has 23 heavy (non-hydrogen) atoms. The van der Waals surface area contributed by atoms with E-state index in [0.29, 0.717) is 29.0 Å². The van der Waals surface area contributed by atoms with Crippen LogP contribution < -0.4 is 10.2 Å². The van der Waals surface area contributed by atoms with Gasteiger partial charge >= 0.3 is 0 Å². The molecule has 0 unspecified atom stereocenters. The maximum atomic E-state index is 14.2. The molecule has 118 valence electrons. The molecule has 0 saturated heterocycles. The van der Waals surface area contributed by atoms with Gasteiger partial charge in [-0.1, -0.05) is 19.1 Å². The number of hydrogen-bond donors (Lipinski definition) is 2. The van der Waals surface area contributed by atoms with Gasteiger partial charge in [0.2, 0.25) is 0 Å². The van der Waals surface area contributed by atoms with Crippen molar-refractivity contribution in [3.05, 3.63) is 58.6 Å². The monoisotopic (exact) mass is 329 g/mol. The smallest absolute Gasteiger partial charge is 0.200 e. The van der Waals surface area contributed by atoms with Crippen molar-refractivity contribution >= 4 is 23.5 Å². The average molecular weight is 329 g/mol. The molecule has 0 bridgehead atoms. The molecule has 0 radical (unpaired) electrons. The molecule has 0 aliphatic rings. The number of rotatable bonds is 4. The summed E-state index contributed by atoms with van der Waals surface area (Å²) in [5.74, 6) is -0.0798. The van der Waals surface area contributed by atoms with Crippen LogP contribution in [0, 0.1) is 5.82 Å². The van der Waals surface area contributed by atoms with Crippen LogP contribution in [-0.4, -0.2) is 11.6 Å². The molecule has 0 atom stereocenters. The lowest BCUT2D eigenvalue weighted by Crippen LogP contribution is -2.09. The van der Waals surface area contributed by atoms with Crippen LogP contribution in [0.25, 0.3) is 22.0 Å². The second-order valence-electron chi connectivity index (χ2n) is 5.23. The van der Waals surface area contributed by atoms with Crippen molar-refractivity contribution < 1.29 is 9.13 Å². The van der Waals surface area contributed by atoms with E-state index in [1.165, 1.54) is 12.1 Å². The Morgan fingerprint density at radius 1 is 1.26 bits per heavy atom. The van der Waals surface area contributed by atoms with E-state index in [2.05, 4.69) is 17.6 Å². The number of nitrogens with one attached hydrogen (secondary N) is 1. The third-order valence-electron chi connectivity index (χ3n) is 3.57. The van der Waals surface area contributed by atoms with Crippen LogP contribution in [0.5, 0.6) is 5.75 Å². The van der Waals surface area contributed by atoms with Gasteiger partial charge in [0.05, 0.1) is 17.5 Å². The molecule has 5 heteroatoms. The number of benzene rings is 2. The maximum Gasteiger partial charge on any atom is 0.200 e. The Bertz CT molecular complexity index is 921. The fourth-order valence-electron chi connectivity index (χ4n) is 2.49. The molecule has 1 heterocycles. The lowest BCUT2D eigenvalue weighted by atomic mass is 10.0. The Labute approximate surface area is 138 Å². The lowest BCUT2D eigenvalue weighted by Gasteiger charge is -2.10. The van der Waals surface area contributed by atoms with Crippen molar-refractivity contribution in [2.75, 3.05) is 6.61 Å². The standard InChI is InChI=1S/C18H16FNO2S/c1-2-8-22-15-7-6-14(19)16-17(15)20-10-13(18(16)21)11-4-3-5-12(23)9-11/h3-7,9-10,23H,2,8H2,1H3,(H,20,21). The Morgan fingerprint density at radius 3 is 2.83 bits per heavy atom. The number of fused-ring (bicyclic) bond motifs is 1. The van der Waals surface area contributed by atoms with Crippen molar-refractivity contribution in [3.63, 3.8) is 0 Å². The summed E-state index contributed by atoms with van der Waals surface area (Å²) in [5, 5.41) is 0.0145. The van der Waals surface area contributed by atoms with Gasteiger partial charge in [-0.25, -0.2) is 4.39 Å². The predicted molar refractivity (Wildman–Crippen MR) is 93.0 cm³/mol. The summed E-state index contributed by atoms with van der Waals surface area (Å²) in [7, 11) is 0. The molecular weight excluding hydrogens is 313 g/mol. The van der Waals surface area contributed by atoms with Gasteiger partial charge in [-0.2, -0.15) is 0 Å². The van der Waals surface area contributed by atoms with Crippen molar-refractivity contribution in [1.82, 2.24) is 4.98 Å². The Balaban J connectivity index is 2.23. The van der Waals surface area contributed by atoms with Gasteiger partial charge in [0.1, 0.15) is 11.6 Å². The summed E-state index contributed by atoms with van der Waals surface area (Å²) in [4.78, 5) is 16.5. The van der Waals surface area contributed by atoms with Crippen molar-refractivity contribution in [1.29, 1.82) is 0 Å². The first kappa shape index (κ1) is 15.6. The molecule has 3 rings (SSSR count). The molecule has 0 amide bonds. The number of aromatic nitrogens is 1. The topological polar surface area (TPSA) is 42.1 Å². The summed E-state index contributed by atoms with van der Waals surface area (Å²) in [6, 6.07) is 10.00. The van der Waals surface area contributed by atoms with Gasteiger partial charge in [0.15, 0.2) is 5.43 Å². The number of pyridine rings is 1. The minimum atomic E-state index is -0.561. The van der Waals surface area contributed by atoms with Crippen LogP contribution >= 0.6 is 12.6 Å². The molecule has 1 N–H and O–H groups in total. The van der Waals surface area contributed by atoms with Crippen molar-refractivity contribution in [2.45, 2.75) is 18.2 Å². The predicted octanol–water partition coefficient (Wildman–Crippen LogP) is 4.41. The Morgan fingerprint density at radius 2 is 2.09 bits per heavy atom. The zero-order chi connectivity index (χ0) is 16.4. The summed E-state index contributed by atoms with van der Waals surface area (Å²) < 4.78 is 19.8. The maximum absolute atomic E-state index is 14.2.